The van der Waals surface area contributed by atoms with Crippen molar-refractivity contribution in [2.24, 2.45) is 17.8 Å². The number of hydrogen-bond donors (Lipinski definition) is 2. The summed E-state index contributed by atoms with van der Waals surface area (Å²) in [5, 5.41) is 2.97. The summed E-state index contributed by atoms with van der Waals surface area (Å²) in [7, 11) is 1.64. The number of methoxy groups -OCH3 is 1. The minimum Gasteiger partial charge on any atom is -0.481 e. The van der Waals surface area contributed by atoms with Gasteiger partial charge in [-0.25, -0.2) is 9.97 Å². The summed E-state index contributed by atoms with van der Waals surface area (Å²) in [6.07, 6.45) is 7.76. The van der Waals surface area contributed by atoms with E-state index >= 15 is 0 Å². The first kappa shape index (κ1) is 18.3. The minimum atomic E-state index is -0.0758. The molecule has 3 heterocycles. The van der Waals surface area contributed by atoms with Gasteiger partial charge >= 0.3 is 0 Å². The number of anilines is 2. The summed E-state index contributed by atoms with van der Waals surface area (Å²) in [6, 6.07) is 7.57. The molecule has 1 aliphatic heterocycles. The van der Waals surface area contributed by atoms with Gasteiger partial charge in [0.05, 0.1) is 7.11 Å². The number of piperidine rings is 1. The molecule has 2 aliphatic rings. The van der Waals surface area contributed by atoms with Gasteiger partial charge in [0.1, 0.15) is 5.82 Å². The van der Waals surface area contributed by atoms with Gasteiger partial charge in [0.2, 0.25) is 11.8 Å². The molecule has 2 unspecified atom stereocenters. The van der Waals surface area contributed by atoms with Crippen molar-refractivity contribution in [3.05, 3.63) is 48.3 Å². The normalized spacial score (nSPS) is 22.9. The van der Waals surface area contributed by atoms with E-state index in [1.807, 2.05) is 18.2 Å². The lowest BCUT2D eigenvalue weighted by atomic mass is 10.2. The topological polar surface area (TPSA) is 93.4 Å². The molecule has 2 atom stereocenters. The SMILES string of the molecule is COc1cc(N2CC3C(CCNC(=O)/C=C/c4ccc(N)nc4)C3C2)ccn1. The Morgan fingerprint density at radius 1 is 1.32 bits per heavy atom. The molecular formula is C21H25N5O2. The maximum Gasteiger partial charge on any atom is 0.244 e. The number of nitrogen functional groups attached to an aromatic ring is 1. The molecule has 3 N–H and O–H groups in total. The van der Waals surface area contributed by atoms with E-state index in [0.717, 1.165) is 36.9 Å². The van der Waals surface area contributed by atoms with E-state index in [1.54, 1.807) is 37.7 Å². The fourth-order valence-electron chi connectivity index (χ4n) is 4.10. The zero-order valence-corrected chi connectivity index (χ0v) is 15.9. The Kier molecular flexibility index (Phi) is 5.14. The van der Waals surface area contributed by atoms with E-state index < -0.39 is 0 Å². The third kappa shape index (κ3) is 4.08. The number of ether oxygens (including phenoxy) is 1. The van der Waals surface area contributed by atoms with Crippen molar-refractivity contribution in [3.63, 3.8) is 0 Å². The molecule has 0 radical (unpaired) electrons. The molecule has 2 aromatic rings. The number of rotatable bonds is 7. The number of amides is 1. The van der Waals surface area contributed by atoms with Crippen LogP contribution >= 0.6 is 0 Å². The first-order chi connectivity index (χ1) is 13.6. The van der Waals surface area contributed by atoms with Crippen LogP contribution in [0.2, 0.25) is 0 Å². The summed E-state index contributed by atoms with van der Waals surface area (Å²) in [5.41, 5.74) is 7.58. The van der Waals surface area contributed by atoms with Crippen LogP contribution in [-0.4, -0.2) is 42.6 Å². The van der Waals surface area contributed by atoms with Gasteiger partial charge < -0.3 is 20.7 Å². The van der Waals surface area contributed by atoms with Crippen molar-refractivity contribution in [1.82, 2.24) is 15.3 Å². The van der Waals surface area contributed by atoms with Gasteiger partial charge in [-0.3, -0.25) is 4.79 Å². The van der Waals surface area contributed by atoms with E-state index in [-0.39, 0.29) is 5.91 Å². The summed E-state index contributed by atoms with van der Waals surface area (Å²) >= 11 is 0. The number of carbonyl (C=O) groups excluding carboxylic acids is 1. The Labute approximate surface area is 164 Å². The second-order valence-electron chi connectivity index (χ2n) is 7.38. The highest BCUT2D eigenvalue weighted by Gasteiger charge is 2.54. The van der Waals surface area contributed by atoms with Gasteiger partial charge in [-0.2, -0.15) is 0 Å². The van der Waals surface area contributed by atoms with E-state index in [1.165, 1.54) is 5.69 Å². The molecule has 4 rings (SSSR count). The average Bonchev–Trinajstić information content (AvgIpc) is 3.16. The standard InChI is InChI=1S/C21H25N5O2/c1-28-21-10-15(6-8-24-21)26-12-17-16(18(17)13-26)7-9-23-20(27)5-3-14-2-4-19(22)25-11-14/h2-6,8,10-11,16-18H,7,9,12-13H2,1H3,(H2,22,25)(H,23,27)/b5-3+. The van der Waals surface area contributed by atoms with E-state index in [9.17, 15) is 4.79 Å². The molecule has 0 bridgehead atoms. The number of nitrogens with zero attached hydrogens (tertiary/aromatic N) is 3. The van der Waals surface area contributed by atoms with Crippen LogP contribution in [0.25, 0.3) is 6.08 Å². The van der Waals surface area contributed by atoms with Gasteiger partial charge in [0, 0.05) is 49.9 Å². The largest absolute Gasteiger partial charge is 0.481 e. The molecular weight excluding hydrogens is 354 g/mol. The number of nitrogens with one attached hydrogen (secondary N) is 1. The van der Waals surface area contributed by atoms with Gasteiger partial charge in [0.15, 0.2) is 0 Å². The van der Waals surface area contributed by atoms with E-state index in [4.69, 9.17) is 10.5 Å². The molecule has 28 heavy (non-hydrogen) atoms. The van der Waals surface area contributed by atoms with Crippen LogP contribution in [0, 0.1) is 17.8 Å². The van der Waals surface area contributed by atoms with Gasteiger partial charge in [-0.1, -0.05) is 0 Å². The Balaban J connectivity index is 1.18. The molecule has 2 aromatic heterocycles. The molecule has 1 amide bonds. The number of nitrogens with two attached hydrogens (primary N) is 1. The van der Waals surface area contributed by atoms with Crippen molar-refractivity contribution < 1.29 is 9.53 Å². The average molecular weight is 379 g/mol. The molecule has 2 fully saturated rings. The van der Waals surface area contributed by atoms with Gasteiger partial charge in [-0.15, -0.1) is 0 Å². The number of aromatic nitrogens is 2. The zero-order chi connectivity index (χ0) is 19.5. The van der Waals surface area contributed by atoms with Crippen LogP contribution in [0.15, 0.2) is 42.7 Å². The van der Waals surface area contributed by atoms with Crippen LogP contribution in [0.3, 0.4) is 0 Å². The Hall–Kier alpha value is -3.09. The summed E-state index contributed by atoms with van der Waals surface area (Å²) in [6.45, 7) is 2.85. The number of fused-ring (bicyclic) bond motifs is 1. The molecule has 1 aliphatic carbocycles. The molecule has 1 saturated heterocycles. The quantitative estimate of drug-likeness (QED) is 0.715. The lowest BCUT2D eigenvalue weighted by Gasteiger charge is -2.22. The highest BCUT2D eigenvalue weighted by Crippen LogP contribution is 2.54. The maximum absolute atomic E-state index is 12.0. The monoisotopic (exact) mass is 379 g/mol. The Bertz CT molecular complexity index is 855. The lowest BCUT2D eigenvalue weighted by Crippen LogP contribution is -2.26. The first-order valence-electron chi connectivity index (χ1n) is 9.56. The molecule has 7 heteroatoms. The predicted octanol–water partition coefficient (Wildman–Crippen LogP) is 1.97. The van der Waals surface area contributed by atoms with Crippen molar-refractivity contribution in [2.75, 3.05) is 37.4 Å². The fraction of sp³-hybridized carbons (Fsp3) is 0.381. The van der Waals surface area contributed by atoms with Crippen LogP contribution < -0.4 is 20.7 Å². The number of hydrogen-bond acceptors (Lipinski definition) is 6. The van der Waals surface area contributed by atoms with Crippen molar-refractivity contribution in [3.8, 4) is 5.88 Å². The minimum absolute atomic E-state index is 0.0758. The van der Waals surface area contributed by atoms with Crippen molar-refractivity contribution >= 4 is 23.5 Å². The fourth-order valence-corrected chi connectivity index (χ4v) is 4.10. The van der Waals surface area contributed by atoms with Crippen LogP contribution in [0.4, 0.5) is 11.5 Å². The Morgan fingerprint density at radius 3 is 2.86 bits per heavy atom. The second kappa shape index (κ2) is 7.88. The van der Waals surface area contributed by atoms with Crippen molar-refractivity contribution in [1.29, 1.82) is 0 Å². The maximum atomic E-state index is 12.0. The second-order valence-corrected chi connectivity index (χ2v) is 7.38. The molecule has 1 saturated carbocycles. The third-order valence-corrected chi connectivity index (χ3v) is 5.68. The van der Waals surface area contributed by atoms with Gasteiger partial charge in [-0.05, 0) is 54.0 Å². The zero-order valence-electron chi connectivity index (χ0n) is 15.9. The summed E-state index contributed by atoms with van der Waals surface area (Å²) in [4.78, 5) is 22.5. The van der Waals surface area contributed by atoms with Crippen LogP contribution in [0.5, 0.6) is 5.88 Å². The number of pyridine rings is 2. The van der Waals surface area contributed by atoms with E-state index in [2.05, 4.69) is 20.2 Å². The lowest BCUT2D eigenvalue weighted by molar-refractivity contribution is -0.116. The van der Waals surface area contributed by atoms with Crippen LogP contribution in [0.1, 0.15) is 12.0 Å². The van der Waals surface area contributed by atoms with Crippen molar-refractivity contribution in [2.45, 2.75) is 6.42 Å². The Morgan fingerprint density at radius 2 is 2.14 bits per heavy atom. The molecule has 146 valence electrons. The summed E-state index contributed by atoms with van der Waals surface area (Å²) < 4.78 is 5.21. The highest BCUT2D eigenvalue weighted by molar-refractivity contribution is 5.91. The number of carbonyl (C=O) groups is 1. The molecule has 0 aromatic carbocycles. The molecule has 0 spiro atoms. The van der Waals surface area contributed by atoms with Gasteiger partial charge in [0.25, 0.3) is 0 Å². The first-order valence-corrected chi connectivity index (χ1v) is 9.56. The summed E-state index contributed by atoms with van der Waals surface area (Å²) in [5.74, 6) is 3.22. The smallest absolute Gasteiger partial charge is 0.244 e. The predicted molar refractivity (Wildman–Crippen MR) is 109 cm³/mol. The highest BCUT2D eigenvalue weighted by atomic mass is 16.5. The third-order valence-electron chi connectivity index (χ3n) is 5.68. The van der Waals surface area contributed by atoms with Crippen LogP contribution in [-0.2, 0) is 4.79 Å². The molecule has 7 nitrogen and oxygen atoms in total. The van der Waals surface area contributed by atoms with E-state index in [0.29, 0.717) is 24.2 Å².